The van der Waals surface area contributed by atoms with Crippen LogP contribution in [0, 0.1) is 0 Å². The van der Waals surface area contributed by atoms with Crippen LogP contribution in [0.3, 0.4) is 0 Å². The predicted molar refractivity (Wildman–Crippen MR) is 69.0 cm³/mol. The molecule has 1 N–H and O–H groups in total. The Labute approximate surface area is 105 Å². The molecule has 3 rings (SSSR count). The third-order valence-electron chi connectivity index (χ3n) is 3.32. The number of hydrogen-bond acceptors (Lipinski definition) is 4. The molecule has 1 aromatic carbocycles. The highest BCUT2D eigenvalue weighted by Gasteiger charge is 2.17. The molecule has 1 aliphatic carbocycles. The van der Waals surface area contributed by atoms with Gasteiger partial charge in [0.05, 0.1) is 5.69 Å². The molecule has 1 unspecified atom stereocenters. The second-order valence-electron chi connectivity index (χ2n) is 4.49. The zero-order valence-electron chi connectivity index (χ0n) is 9.60. The first-order valence-corrected chi connectivity index (χ1v) is 6.81. The van der Waals surface area contributed by atoms with Crippen LogP contribution >= 0.6 is 11.5 Å². The Morgan fingerprint density at radius 3 is 3.00 bits per heavy atom. The molecule has 0 radical (unpaired) electrons. The fourth-order valence-corrected chi connectivity index (χ4v) is 2.83. The van der Waals surface area contributed by atoms with Crippen molar-refractivity contribution in [2.45, 2.75) is 31.8 Å². The van der Waals surface area contributed by atoms with Crippen molar-refractivity contribution < 1.29 is 0 Å². The summed E-state index contributed by atoms with van der Waals surface area (Å²) in [6.07, 6.45) is 3.53. The van der Waals surface area contributed by atoms with Gasteiger partial charge in [-0.25, -0.2) is 0 Å². The summed E-state index contributed by atoms with van der Waals surface area (Å²) in [5, 5.41) is 9.62. The lowest BCUT2D eigenvalue weighted by Crippen LogP contribution is -2.34. The highest BCUT2D eigenvalue weighted by atomic mass is 32.1. The van der Waals surface area contributed by atoms with Gasteiger partial charge in [-0.2, -0.15) is 0 Å². The minimum atomic E-state index is 0.576. The van der Waals surface area contributed by atoms with Crippen molar-refractivity contribution in [3.8, 4) is 0 Å². The van der Waals surface area contributed by atoms with Crippen LogP contribution in [-0.2, 0) is 19.4 Å². The Kier molecular flexibility index (Phi) is 3.16. The average molecular weight is 245 g/mol. The molecule has 3 nitrogen and oxygen atoms in total. The Balaban J connectivity index is 1.61. The van der Waals surface area contributed by atoms with E-state index in [1.807, 2.05) is 5.38 Å². The number of nitrogens with zero attached hydrogens (tertiary/aromatic N) is 2. The number of aromatic nitrogens is 2. The molecule has 0 aliphatic heterocycles. The first-order valence-electron chi connectivity index (χ1n) is 5.98. The van der Waals surface area contributed by atoms with Crippen molar-refractivity contribution in [3.05, 3.63) is 46.5 Å². The van der Waals surface area contributed by atoms with Crippen molar-refractivity contribution in [2.75, 3.05) is 0 Å². The molecule has 1 heterocycles. The molecule has 88 valence electrons. The van der Waals surface area contributed by atoms with E-state index >= 15 is 0 Å². The van der Waals surface area contributed by atoms with Gasteiger partial charge < -0.3 is 5.32 Å². The van der Waals surface area contributed by atoms with Crippen LogP contribution in [-0.4, -0.2) is 15.6 Å². The van der Waals surface area contributed by atoms with E-state index in [4.69, 9.17) is 0 Å². The monoisotopic (exact) mass is 245 g/mol. The Morgan fingerprint density at radius 1 is 1.29 bits per heavy atom. The van der Waals surface area contributed by atoms with Crippen LogP contribution in [0.15, 0.2) is 29.6 Å². The molecular formula is C13H15N3S. The summed E-state index contributed by atoms with van der Waals surface area (Å²) in [7, 11) is 0. The van der Waals surface area contributed by atoms with Gasteiger partial charge in [-0.15, -0.1) is 5.10 Å². The third kappa shape index (κ3) is 2.53. The van der Waals surface area contributed by atoms with E-state index in [1.165, 1.54) is 35.5 Å². The van der Waals surface area contributed by atoms with Crippen molar-refractivity contribution in [2.24, 2.45) is 0 Å². The second kappa shape index (κ2) is 4.94. The zero-order valence-corrected chi connectivity index (χ0v) is 10.4. The number of aryl methyl sites for hydroxylation is 1. The Morgan fingerprint density at radius 2 is 2.18 bits per heavy atom. The average Bonchev–Trinajstić information content (AvgIpc) is 2.89. The van der Waals surface area contributed by atoms with E-state index in [-0.39, 0.29) is 0 Å². The number of rotatable bonds is 3. The molecule has 1 aliphatic rings. The topological polar surface area (TPSA) is 37.8 Å². The normalized spacial score (nSPS) is 18.9. The fourth-order valence-electron chi connectivity index (χ4n) is 2.38. The van der Waals surface area contributed by atoms with Gasteiger partial charge in [0, 0.05) is 18.0 Å². The molecular weight excluding hydrogens is 230 g/mol. The molecule has 0 fully saturated rings. The highest BCUT2D eigenvalue weighted by Crippen LogP contribution is 2.21. The summed E-state index contributed by atoms with van der Waals surface area (Å²) >= 11 is 1.41. The lowest BCUT2D eigenvalue weighted by atomic mass is 9.88. The van der Waals surface area contributed by atoms with Crippen LogP contribution in [0.1, 0.15) is 23.2 Å². The summed E-state index contributed by atoms with van der Waals surface area (Å²) in [6.45, 7) is 0.837. The van der Waals surface area contributed by atoms with Gasteiger partial charge in [-0.3, -0.25) is 0 Å². The standard InChI is InChI=1S/C13H15N3S/c1-2-4-11-7-12(6-5-10(11)3-1)14-8-13-9-17-16-15-13/h1-4,9,12,14H,5-8H2. The van der Waals surface area contributed by atoms with Crippen LogP contribution in [0.5, 0.6) is 0 Å². The van der Waals surface area contributed by atoms with Crippen molar-refractivity contribution >= 4 is 11.5 Å². The van der Waals surface area contributed by atoms with E-state index < -0.39 is 0 Å². The summed E-state index contributed by atoms with van der Waals surface area (Å²) in [5.41, 5.74) is 4.06. The fraction of sp³-hybridized carbons (Fsp3) is 0.385. The van der Waals surface area contributed by atoms with E-state index in [0.29, 0.717) is 6.04 Å². The van der Waals surface area contributed by atoms with E-state index in [0.717, 1.165) is 18.7 Å². The summed E-state index contributed by atoms with van der Waals surface area (Å²) in [5.74, 6) is 0. The lowest BCUT2D eigenvalue weighted by Gasteiger charge is -2.25. The molecule has 0 saturated carbocycles. The first-order chi connectivity index (χ1) is 8.42. The maximum Gasteiger partial charge on any atom is 0.0893 e. The predicted octanol–water partition coefficient (Wildman–Crippen LogP) is 2.19. The van der Waals surface area contributed by atoms with Gasteiger partial charge in [0.2, 0.25) is 0 Å². The molecule has 0 saturated heterocycles. The smallest absolute Gasteiger partial charge is 0.0893 e. The lowest BCUT2D eigenvalue weighted by molar-refractivity contribution is 0.454. The highest BCUT2D eigenvalue weighted by molar-refractivity contribution is 7.03. The Bertz CT molecular complexity index is 481. The van der Waals surface area contributed by atoms with Crippen molar-refractivity contribution in [1.29, 1.82) is 0 Å². The van der Waals surface area contributed by atoms with Gasteiger partial charge in [-0.05, 0) is 41.9 Å². The minimum absolute atomic E-state index is 0.576. The van der Waals surface area contributed by atoms with Crippen LogP contribution in [0.4, 0.5) is 0 Å². The molecule has 0 bridgehead atoms. The summed E-state index contributed by atoms with van der Waals surface area (Å²) < 4.78 is 3.87. The van der Waals surface area contributed by atoms with Crippen LogP contribution in [0.2, 0.25) is 0 Å². The number of nitrogens with one attached hydrogen (secondary N) is 1. The Hall–Kier alpha value is -1.26. The SMILES string of the molecule is c1ccc2c(c1)CCC(NCc1csnn1)C2. The zero-order chi connectivity index (χ0) is 11.5. The molecule has 4 heteroatoms. The van der Waals surface area contributed by atoms with Gasteiger partial charge in [-0.1, -0.05) is 28.8 Å². The second-order valence-corrected chi connectivity index (χ2v) is 5.10. The third-order valence-corrected chi connectivity index (χ3v) is 3.88. The summed E-state index contributed by atoms with van der Waals surface area (Å²) in [6, 6.07) is 9.33. The molecule has 2 aromatic rings. The largest absolute Gasteiger partial charge is 0.308 e. The minimum Gasteiger partial charge on any atom is -0.308 e. The first kappa shape index (κ1) is 10.9. The number of benzene rings is 1. The van der Waals surface area contributed by atoms with Gasteiger partial charge >= 0.3 is 0 Å². The van der Waals surface area contributed by atoms with E-state index in [2.05, 4.69) is 39.2 Å². The molecule has 1 aromatic heterocycles. The summed E-state index contributed by atoms with van der Waals surface area (Å²) in [4.78, 5) is 0. The van der Waals surface area contributed by atoms with E-state index in [1.54, 1.807) is 0 Å². The number of fused-ring (bicyclic) bond motifs is 1. The maximum absolute atomic E-state index is 4.05. The van der Waals surface area contributed by atoms with Gasteiger partial charge in [0.1, 0.15) is 0 Å². The molecule has 0 amide bonds. The molecule has 17 heavy (non-hydrogen) atoms. The molecule has 0 spiro atoms. The van der Waals surface area contributed by atoms with Crippen LogP contribution in [0.25, 0.3) is 0 Å². The molecule has 1 atom stereocenters. The van der Waals surface area contributed by atoms with Gasteiger partial charge in [0.25, 0.3) is 0 Å². The van der Waals surface area contributed by atoms with E-state index in [9.17, 15) is 0 Å². The van der Waals surface area contributed by atoms with Gasteiger partial charge in [0.15, 0.2) is 0 Å². The van der Waals surface area contributed by atoms with Crippen molar-refractivity contribution in [3.63, 3.8) is 0 Å². The number of hydrogen-bond donors (Lipinski definition) is 1. The quantitative estimate of drug-likeness (QED) is 0.900. The van der Waals surface area contributed by atoms with Crippen LogP contribution < -0.4 is 5.32 Å². The maximum atomic E-state index is 4.05. The van der Waals surface area contributed by atoms with Crippen molar-refractivity contribution in [1.82, 2.24) is 14.9 Å².